The summed E-state index contributed by atoms with van der Waals surface area (Å²) in [5, 5.41) is 1.42. The van der Waals surface area contributed by atoms with E-state index in [9.17, 15) is 0 Å². The Labute approximate surface area is 106 Å². The van der Waals surface area contributed by atoms with Crippen LogP contribution in [0.2, 0.25) is 5.02 Å². The number of anilines is 1. The molecule has 0 radical (unpaired) electrons. The third kappa shape index (κ3) is 2.29. The summed E-state index contributed by atoms with van der Waals surface area (Å²) < 4.78 is 5.18. The summed E-state index contributed by atoms with van der Waals surface area (Å²) in [7, 11) is 1.59. The first-order valence-corrected chi connectivity index (χ1v) is 5.96. The molecular formula is C13H15ClN2O. The first kappa shape index (κ1) is 12.0. The minimum Gasteiger partial charge on any atom is -0.495 e. The summed E-state index contributed by atoms with van der Waals surface area (Å²) in [6.07, 6.45) is 1.97. The number of hydrogen-bond acceptors (Lipinski definition) is 3. The summed E-state index contributed by atoms with van der Waals surface area (Å²) >= 11 is 6.07. The number of rotatable bonds is 3. The van der Waals surface area contributed by atoms with Crippen LogP contribution in [0.3, 0.4) is 0 Å². The summed E-state index contributed by atoms with van der Waals surface area (Å²) in [6.45, 7) is 2.12. The van der Waals surface area contributed by atoms with E-state index in [1.165, 1.54) is 0 Å². The predicted molar refractivity (Wildman–Crippen MR) is 71.7 cm³/mol. The van der Waals surface area contributed by atoms with Crippen molar-refractivity contribution in [1.29, 1.82) is 0 Å². The number of halogens is 1. The molecule has 90 valence electrons. The molecule has 0 aliphatic carbocycles. The van der Waals surface area contributed by atoms with Crippen molar-refractivity contribution in [2.45, 2.75) is 19.8 Å². The normalized spacial score (nSPS) is 10.8. The minimum atomic E-state index is 0.553. The Hall–Kier alpha value is -1.48. The van der Waals surface area contributed by atoms with Gasteiger partial charge in [0, 0.05) is 22.8 Å². The van der Waals surface area contributed by atoms with Crippen LogP contribution in [0.5, 0.6) is 5.75 Å². The maximum absolute atomic E-state index is 6.07. The highest BCUT2D eigenvalue weighted by molar-refractivity contribution is 6.33. The number of nitrogen functional groups attached to an aromatic ring is 1. The zero-order valence-corrected chi connectivity index (χ0v) is 10.7. The molecule has 3 nitrogen and oxygen atoms in total. The van der Waals surface area contributed by atoms with Crippen molar-refractivity contribution in [3.8, 4) is 5.75 Å². The fraction of sp³-hybridized carbons (Fsp3) is 0.308. The van der Waals surface area contributed by atoms with Gasteiger partial charge >= 0.3 is 0 Å². The highest BCUT2D eigenvalue weighted by Gasteiger charge is 2.08. The Balaban J connectivity index is 2.65. The zero-order valence-electron chi connectivity index (χ0n) is 9.96. The number of ether oxygens (including phenoxy) is 1. The van der Waals surface area contributed by atoms with Gasteiger partial charge in [0.2, 0.25) is 0 Å². The Bertz CT molecular complexity index is 555. The quantitative estimate of drug-likeness (QED) is 0.908. The number of methoxy groups -OCH3 is 1. The molecule has 0 amide bonds. The smallest absolute Gasteiger partial charge is 0.139 e. The summed E-state index contributed by atoms with van der Waals surface area (Å²) in [5.74, 6) is 0.625. The lowest BCUT2D eigenvalue weighted by Gasteiger charge is -2.09. The molecule has 1 aromatic heterocycles. The largest absolute Gasteiger partial charge is 0.495 e. The maximum Gasteiger partial charge on any atom is 0.139 e. The molecule has 2 rings (SSSR count). The third-order valence-corrected chi connectivity index (χ3v) is 2.97. The van der Waals surface area contributed by atoms with Crippen molar-refractivity contribution in [2.75, 3.05) is 12.8 Å². The third-order valence-electron chi connectivity index (χ3n) is 2.67. The second-order valence-corrected chi connectivity index (χ2v) is 4.36. The molecule has 1 aromatic carbocycles. The Morgan fingerprint density at radius 1 is 1.35 bits per heavy atom. The van der Waals surface area contributed by atoms with Gasteiger partial charge in [-0.3, -0.25) is 4.98 Å². The fourth-order valence-corrected chi connectivity index (χ4v) is 2.09. The van der Waals surface area contributed by atoms with Gasteiger partial charge in [0.05, 0.1) is 17.6 Å². The molecule has 1 heterocycles. The maximum atomic E-state index is 6.07. The van der Waals surface area contributed by atoms with Crippen molar-refractivity contribution in [3.05, 3.63) is 28.9 Å². The van der Waals surface area contributed by atoms with Crippen LogP contribution >= 0.6 is 11.6 Å². The lowest BCUT2D eigenvalue weighted by atomic mass is 10.1. The van der Waals surface area contributed by atoms with E-state index in [1.807, 2.05) is 12.1 Å². The molecule has 2 N–H and O–H groups in total. The van der Waals surface area contributed by atoms with E-state index >= 15 is 0 Å². The molecule has 0 unspecified atom stereocenters. The molecule has 17 heavy (non-hydrogen) atoms. The number of benzene rings is 1. The number of pyridine rings is 1. The number of fused-ring (bicyclic) bond motifs is 1. The molecule has 0 saturated heterocycles. The molecule has 0 atom stereocenters. The Morgan fingerprint density at radius 2 is 2.12 bits per heavy atom. The van der Waals surface area contributed by atoms with Gasteiger partial charge in [-0.25, -0.2) is 0 Å². The predicted octanol–water partition coefficient (Wildman–Crippen LogP) is 3.43. The number of aryl methyl sites for hydroxylation is 1. The second-order valence-electron chi connectivity index (χ2n) is 3.96. The van der Waals surface area contributed by atoms with Crippen LogP contribution in [0.15, 0.2) is 18.2 Å². The van der Waals surface area contributed by atoms with Gasteiger partial charge < -0.3 is 10.5 Å². The van der Waals surface area contributed by atoms with E-state index in [0.29, 0.717) is 16.5 Å². The van der Waals surface area contributed by atoms with Gasteiger partial charge in [-0.05, 0) is 18.6 Å². The number of aromatic nitrogens is 1. The van der Waals surface area contributed by atoms with Gasteiger partial charge in [0.25, 0.3) is 0 Å². The molecule has 2 aromatic rings. The van der Waals surface area contributed by atoms with Gasteiger partial charge in [-0.15, -0.1) is 0 Å². The van der Waals surface area contributed by atoms with Crippen LogP contribution in [0, 0.1) is 0 Å². The number of nitrogens with two attached hydrogens (primary N) is 1. The molecule has 0 fully saturated rings. The van der Waals surface area contributed by atoms with E-state index < -0.39 is 0 Å². The average molecular weight is 251 g/mol. The van der Waals surface area contributed by atoms with Crippen molar-refractivity contribution in [3.63, 3.8) is 0 Å². The summed E-state index contributed by atoms with van der Waals surface area (Å²) in [5.41, 5.74) is 8.55. The molecule has 0 aliphatic heterocycles. The Kier molecular flexibility index (Phi) is 3.38. The van der Waals surface area contributed by atoms with Crippen LogP contribution in [0.25, 0.3) is 10.9 Å². The molecular weight excluding hydrogens is 236 g/mol. The summed E-state index contributed by atoms with van der Waals surface area (Å²) in [4.78, 5) is 4.56. The van der Waals surface area contributed by atoms with Crippen LogP contribution in [0.1, 0.15) is 19.0 Å². The molecule has 0 spiro atoms. The Morgan fingerprint density at radius 3 is 2.76 bits per heavy atom. The summed E-state index contributed by atoms with van der Waals surface area (Å²) in [6, 6.07) is 5.54. The monoisotopic (exact) mass is 250 g/mol. The van der Waals surface area contributed by atoms with E-state index in [1.54, 1.807) is 13.2 Å². The average Bonchev–Trinajstić information content (AvgIpc) is 2.30. The molecule has 0 saturated carbocycles. The standard InChI is InChI=1S/C13H15ClN2O/c1-3-4-8-5-11(15)9-6-10(14)13(17-2)7-12(9)16-8/h5-7H,3-4H2,1-2H3,(H2,15,16). The van der Waals surface area contributed by atoms with Gasteiger partial charge in [0.15, 0.2) is 0 Å². The van der Waals surface area contributed by atoms with Gasteiger partial charge in [-0.2, -0.15) is 0 Å². The van der Waals surface area contributed by atoms with Crippen LogP contribution in [0.4, 0.5) is 5.69 Å². The van der Waals surface area contributed by atoms with Crippen LogP contribution in [-0.2, 0) is 6.42 Å². The number of hydrogen-bond donors (Lipinski definition) is 1. The lowest BCUT2D eigenvalue weighted by Crippen LogP contribution is -1.96. The van der Waals surface area contributed by atoms with E-state index in [0.717, 1.165) is 29.4 Å². The molecule has 0 bridgehead atoms. The van der Waals surface area contributed by atoms with E-state index in [2.05, 4.69) is 11.9 Å². The SMILES string of the molecule is CCCc1cc(N)c2cc(Cl)c(OC)cc2n1. The second kappa shape index (κ2) is 4.80. The zero-order chi connectivity index (χ0) is 12.4. The fourth-order valence-electron chi connectivity index (χ4n) is 1.85. The first-order valence-electron chi connectivity index (χ1n) is 5.58. The van der Waals surface area contributed by atoms with Gasteiger partial charge in [0.1, 0.15) is 5.75 Å². The lowest BCUT2D eigenvalue weighted by molar-refractivity contribution is 0.415. The topological polar surface area (TPSA) is 48.1 Å². The minimum absolute atomic E-state index is 0.553. The highest BCUT2D eigenvalue weighted by Crippen LogP contribution is 2.32. The van der Waals surface area contributed by atoms with Crippen LogP contribution in [-0.4, -0.2) is 12.1 Å². The molecule has 4 heteroatoms. The van der Waals surface area contributed by atoms with Crippen molar-refractivity contribution >= 4 is 28.2 Å². The highest BCUT2D eigenvalue weighted by atomic mass is 35.5. The van der Waals surface area contributed by atoms with Gasteiger partial charge in [-0.1, -0.05) is 24.9 Å². The number of nitrogens with zero attached hydrogens (tertiary/aromatic N) is 1. The van der Waals surface area contributed by atoms with Crippen LogP contribution < -0.4 is 10.5 Å². The van der Waals surface area contributed by atoms with Crippen molar-refractivity contribution < 1.29 is 4.74 Å². The molecule has 0 aliphatic rings. The van der Waals surface area contributed by atoms with Crippen molar-refractivity contribution in [1.82, 2.24) is 4.98 Å². The van der Waals surface area contributed by atoms with E-state index in [4.69, 9.17) is 22.1 Å². The van der Waals surface area contributed by atoms with E-state index in [-0.39, 0.29) is 0 Å². The van der Waals surface area contributed by atoms with Crippen molar-refractivity contribution in [2.24, 2.45) is 0 Å². The first-order chi connectivity index (χ1) is 8.15.